The number of hydrogen-bond acceptors (Lipinski definition) is 2. The molecule has 0 rings (SSSR count). The number of hydrazone groups is 1. The van der Waals surface area contributed by atoms with Crippen LogP contribution in [0.3, 0.4) is 0 Å². The van der Waals surface area contributed by atoms with E-state index in [0.29, 0.717) is 5.92 Å². The summed E-state index contributed by atoms with van der Waals surface area (Å²) in [6.45, 7) is 6.05. The second-order valence-electron chi connectivity index (χ2n) is 2.35. The van der Waals surface area contributed by atoms with Crippen molar-refractivity contribution in [3.8, 4) is 0 Å². The molecule has 1 radical (unpaired) electrons. The molecule has 0 aliphatic heterocycles. The van der Waals surface area contributed by atoms with Crippen LogP contribution in [0.5, 0.6) is 0 Å². The molecule has 0 saturated heterocycles. The van der Waals surface area contributed by atoms with E-state index in [9.17, 15) is 0 Å². The van der Waals surface area contributed by atoms with Crippen molar-refractivity contribution in [2.75, 3.05) is 0 Å². The van der Waals surface area contributed by atoms with E-state index < -0.39 is 0 Å². The zero-order chi connectivity index (χ0) is 8.15. The van der Waals surface area contributed by atoms with Gasteiger partial charge in [0.1, 0.15) is 0 Å². The van der Waals surface area contributed by atoms with Crippen LogP contribution in [0.4, 0.5) is 0 Å². The third-order valence-corrected chi connectivity index (χ3v) is 1.36. The van der Waals surface area contributed by atoms with Crippen LogP contribution in [-0.2, 0) is 0 Å². The van der Waals surface area contributed by atoms with Crippen molar-refractivity contribution in [3.63, 3.8) is 0 Å². The molecule has 0 unspecified atom stereocenters. The summed E-state index contributed by atoms with van der Waals surface area (Å²) < 4.78 is 0.250. The molecule has 0 aliphatic rings. The average Bonchev–Trinajstić information content (AvgIpc) is 1.82. The quantitative estimate of drug-likeness (QED) is 0.296. The molecule has 3 nitrogen and oxygen atoms in total. The van der Waals surface area contributed by atoms with Gasteiger partial charge in [0.25, 0.3) is 0 Å². The third kappa shape index (κ3) is 4.53. The van der Waals surface area contributed by atoms with Gasteiger partial charge < -0.3 is 0 Å². The summed E-state index contributed by atoms with van der Waals surface area (Å²) in [5, 5.41) is 10.9. The summed E-state index contributed by atoms with van der Waals surface area (Å²) in [5.74, 6) is 0.437. The standard InChI is InChI=1S/C6H12N3Se/c1-4(2)5(3)8-9-6(7)10/h4H,1-3H3,(H2,7,9)/b8-5+. The molecule has 0 aromatic carbocycles. The van der Waals surface area contributed by atoms with Gasteiger partial charge in [0.05, 0.1) is 0 Å². The van der Waals surface area contributed by atoms with Crippen molar-refractivity contribution in [2.45, 2.75) is 20.8 Å². The Balaban J connectivity index is 3.80. The molecule has 0 aromatic heterocycles. The first-order valence-electron chi connectivity index (χ1n) is 3.09. The number of nitrogens with zero attached hydrogens (tertiary/aromatic N) is 1. The molecule has 0 fully saturated rings. The summed E-state index contributed by atoms with van der Waals surface area (Å²) in [6, 6.07) is 0. The Morgan fingerprint density at radius 2 is 2.10 bits per heavy atom. The van der Waals surface area contributed by atoms with Crippen LogP contribution in [-0.4, -0.2) is 26.5 Å². The SMILES string of the molecule is C/C(=N\NC(=N)[Se])C(C)C. The molecule has 57 valence electrons. The van der Waals surface area contributed by atoms with E-state index in [4.69, 9.17) is 5.41 Å². The predicted molar refractivity (Wildman–Crippen MR) is 44.6 cm³/mol. The summed E-state index contributed by atoms with van der Waals surface area (Å²) in [7, 11) is 0. The molecule has 10 heavy (non-hydrogen) atoms. The third-order valence-electron chi connectivity index (χ3n) is 1.17. The van der Waals surface area contributed by atoms with Crippen LogP contribution in [0.15, 0.2) is 5.10 Å². The molecular weight excluding hydrogens is 193 g/mol. The molecule has 0 heterocycles. The van der Waals surface area contributed by atoms with Crippen molar-refractivity contribution in [1.82, 2.24) is 5.43 Å². The van der Waals surface area contributed by atoms with Gasteiger partial charge >= 0.3 is 69.1 Å². The fraction of sp³-hybridized carbons (Fsp3) is 0.667. The molecule has 0 atom stereocenters. The minimum atomic E-state index is 0.250. The van der Waals surface area contributed by atoms with E-state index in [-0.39, 0.29) is 4.73 Å². The predicted octanol–water partition coefficient (Wildman–Crippen LogP) is 0.711. The molecular formula is C6H12N3Se. The van der Waals surface area contributed by atoms with E-state index >= 15 is 0 Å². The van der Waals surface area contributed by atoms with Gasteiger partial charge in [-0.2, -0.15) is 0 Å². The molecule has 0 bridgehead atoms. The maximum absolute atomic E-state index is 6.95. The van der Waals surface area contributed by atoms with Crippen molar-refractivity contribution >= 4 is 26.5 Å². The Labute approximate surface area is 69.6 Å². The minimum absolute atomic E-state index is 0.250. The van der Waals surface area contributed by atoms with Crippen LogP contribution in [0.2, 0.25) is 0 Å². The van der Waals surface area contributed by atoms with Gasteiger partial charge in [-0.3, -0.25) is 0 Å². The van der Waals surface area contributed by atoms with Gasteiger partial charge in [-0.05, 0) is 0 Å². The number of amidine groups is 1. The number of nitrogens with one attached hydrogen (secondary N) is 2. The zero-order valence-electron chi connectivity index (χ0n) is 6.43. The molecule has 2 N–H and O–H groups in total. The molecule has 0 aromatic rings. The van der Waals surface area contributed by atoms with E-state index in [1.165, 1.54) is 0 Å². The first kappa shape index (κ1) is 9.66. The fourth-order valence-corrected chi connectivity index (χ4v) is 0.364. The molecule has 0 spiro atoms. The van der Waals surface area contributed by atoms with Gasteiger partial charge in [-0.15, -0.1) is 0 Å². The summed E-state index contributed by atoms with van der Waals surface area (Å²) in [5.41, 5.74) is 3.54. The first-order valence-corrected chi connectivity index (χ1v) is 3.95. The Kier molecular flexibility index (Phi) is 4.32. The summed E-state index contributed by atoms with van der Waals surface area (Å²) in [6.07, 6.45) is 0. The van der Waals surface area contributed by atoms with Gasteiger partial charge in [0.2, 0.25) is 0 Å². The molecule has 0 aliphatic carbocycles. The van der Waals surface area contributed by atoms with Crippen molar-refractivity contribution in [2.24, 2.45) is 11.0 Å². The van der Waals surface area contributed by atoms with Crippen LogP contribution < -0.4 is 5.43 Å². The van der Waals surface area contributed by atoms with Gasteiger partial charge in [-0.25, -0.2) is 0 Å². The topological polar surface area (TPSA) is 48.2 Å². The van der Waals surface area contributed by atoms with E-state index in [1.807, 2.05) is 6.92 Å². The second-order valence-corrected chi connectivity index (χ2v) is 3.21. The zero-order valence-corrected chi connectivity index (χ0v) is 8.15. The molecule has 0 amide bonds. The van der Waals surface area contributed by atoms with Crippen molar-refractivity contribution in [3.05, 3.63) is 0 Å². The van der Waals surface area contributed by atoms with Crippen LogP contribution in [0, 0.1) is 11.3 Å². The normalized spacial score (nSPS) is 11.8. The van der Waals surface area contributed by atoms with Gasteiger partial charge in [0.15, 0.2) is 0 Å². The van der Waals surface area contributed by atoms with Gasteiger partial charge in [0, 0.05) is 0 Å². The Hall–Kier alpha value is -0.341. The summed E-state index contributed by atoms with van der Waals surface area (Å²) in [4.78, 5) is 0. The van der Waals surface area contributed by atoms with E-state index in [0.717, 1.165) is 5.71 Å². The number of rotatable bonds is 2. The molecule has 0 saturated carbocycles. The van der Waals surface area contributed by atoms with Crippen LogP contribution >= 0.6 is 0 Å². The fourth-order valence-electron chi connectivity index (χ4n) is 0.268. The van der Waals surface area contributed by atoms with Crippen molar-refractivity contribution in [1.29, 1.82) is 5.41 Å². The van der Waals surface area contributed by atoms with Gasteiger partial charge in [-0.1, -0.05) is 0 Å². The Bertz CT molecular complexity index is 151. The first-order chi connectivity index (χ1) is 4.54. The number of hydrogen-bond donors (Lipinski definition) is 2. The Morgan fingerprint density at radius 3 is 2.40 bits per heavy atom. The maximum atomic E-state index is 6.95. The van der Waals surface area contributed by atoms with Crippen LogP contribution in [0.1, 0.15) is 20.8 Å². The van der Waals surface area contributed by atoms with Crippen molar-refractivity contribution < 1.29 is 0 Å². The Morgan fingerprint density at radius 1 is 1.60 bits per heavy atom. The summed E-state index contributed by atoms with van der Waals surface area (Å²) >= 11 is 2.50. The monoisotopic (exact) mass is 206 g/mol. The van der Waals surface area contributed by atoms with E-state index in [2.05, 4.69) is 40.4 Å². The van der Waals surface area contributed by atoms with E-state index in [1.54, 1.807) is 0 Å². The average molecular weight is 205 g/mol. The van der Waals surface area contributed by atoms with Crippen LogP contribution in [0.25, 0.3) is 0 Å². The second kappa shape index (κ2) is 4.47. The molecule has 4 heteroatoms.